The highest BCUT2D eigenvalue weighted by atomic mass is 19.1. The zero-order valence-corrected chi connectivity index (χ0v) is 10.2. The van der Waals surface area contributed by atoms with Crippen molar-refractivity contribution < 1.29 is 14.0 Å². The largest absolute Gasteiger partial charge is 0.365 e. The van der Waals surface area contributed by atoms with Gasteiger partial charge in [-0.25, -0.2) is 4.39 Å². The Morgan fingerprint density at radius 3 is 2.50 bits per heavy atom. The van der Waals surface area contributed by atoms with E-state index in [1.807, 2.05) is 4.90 Å². The summed E-state index contributed by atoms with van der Waals surface area (Å²) in [4.78, 5) is 25.7. The lowest BCUT2D eigenvalue weighted by molar-refractivity contribution is -0.129. The molecule has 0 aliphatic carbocycles. The maximum absolute atomic E-state index is 13.8. The number of benzene rings is 1. The molecule has 1 aromatic carbocycles. The van der Waals surface area contributed by atoms with Gasteiger partial charge in [0.2, 0.25) is 5.91 Å². The number of rotatable bonds is 2. The Bertz CT molecular complexity index is 468. The van der Waals surface area contributed by atoms with Crippen molar-refractivity contribution in [3.8, 4) is 0 Å². The van der Waals surface area contributed by atoms with Crippen molar-refractivity contribution in [1.82, 2.24) is 4.90 Å². The maximum Gasteiger partial charge on any atom is 0.219 e. The fourth-order valence-electron chi connectivity index (χ4n) is 2.21. The zero-order valence-electron chi connectivity index (χ0n) is 10.2. The highest BCUT2D eigenvalue weighted by Crippen LogP contribution is 2.24. The van der Waals surface area contributed by atoms with Gasteiger partial charge in [-0.05, 0) is 12.1 Å². The number of amides is 1. The van der Waals surface area contributed by atoms with Crippen molar-refractivity contribution in [2.45, 2.75) is 6.92 Å². The SMILES string of the molecule is CC(=O)N1CCN(c2c(F)cccc2C=O)CC1. The molecule has 0 spiro atoms. The number of piperazine rings is 1. The second kappa shape index (κ2) is 5.16. The molecule has 5 heteroatoms. The van der Waals surface area contributed by atoms with Crippen LogP contribution in [0.5, 0.6) is 0 Å². The highest BCUT2D eigenvalue weighted by Gasteiger charge is 2.22. The maximum atomic E-state index is 13.8. The van der Waals surface area contributed by atoms with Crippen molar-refractivity contribution >= 4 is 17.9 Å². The second-order valence-electron chi connectivity index (χ2n) is 4.29. The van der Waals surface area contributed by atoms with E-state index in [0.717, 1.165) is 0 Å². The molecule has 1 fully saturated rings. The molecule has 96 valence electrons. The van der Waals surface area contributed by atoms with E-state index in [-0.39, 0.29) is 5.91 Å². The van der Waals surface area contributed by atoms with Gasteiger partial charge in [-0.15, -0.1) is 0 Å². The van der Waals surface area contributed by atoms with Gasteiger partial charge in [0.15, 0.2) is 6.29 Å². The van der Waals surface area contributed by atoms with Crippen LogP contribution in [0.1, 0.15) is 17.3 Å². The third-order valence-electron chi connectivity index (χ3n) is 3.19. The summed E-state index contributed by atoms with van der Waals surface area (Å²) in [5, 5.41) is 0. The van der Waals surface area contributed by atoms with Crippen LogP contribution in [-0.2, 0) is 4.79 Å². The Balaban J connectivity index is 2.19. The number of halogens is 1. The third-order valence-corrected chi connectivity index (χ3v) is 3.19. The van der Waals surface area contributed by atoms with Crippen LogP contribution in [-0.4, -0.2) is 43.3 Å². The van der Waals surface area contributed by atoms with Crippen LogP contribution >= 0.6 is 0 Å². The molecule has 0 atom stereocenters. The Hall–Kier alpha value is -1.91. The Labute approximate surface area is 105 Å². The van der Waals surface area contributed by atoms with E-state index in [2.05, 4.69) is 0 Å². The number of para-hydroxylation sites is 1. The van der Waals surface area contributed by atoms with E-state index >= 15 is 0 Å². The Morgan fingerprint density at radius 2 is 1.94 bits per heavy atom. The lowest BCUT2D eigenvalue weighted by Gasteiger charge is -2.36. The van der Waals surface area contributed by atoms with E-state index in [1.165, 1.54) is 19.1 Å². The highest BCUT2D eigenvalue weighted by molar-refractivity contribution is 5.85. The summed E-state index contributed by atoms with van der Waals surface area (Å²) in [6, 6.07) is 4.47. The first-order valence-corrected chi connectivity index (χ1v) is 5.87. The summed E-state index contributed by atoms with van der Waals surface area (Å²) in [5.41, 5.74) is 0.696. The van der Waals surface area contributed by atoms with Gasteiger partial charge in [0.25, 0.3) is 0 Å². The molecule has 1 aromatic rings. The van der Waals surface area contributed by atoms with Crippen LogP contribution in [0.25, 0.3) is 0 Å². The number of nitrogens with zero attached hydrogens (tertiary/aromatic N) is 2. The summed E-state index contributed by atoms with van der Waals surface area (Å²) in [6.45, 7) is 3.72. The summed E-state index contributed by atoms with van der Waals surface area (Å²) in [5.74, 6) is -0.366. The molecule has 0 unspecified atom stereocenters. The van der Waals surface area contributed by atoms with Gasteiger partial charge in [0.05, 0.1) is 5.69 Å². The smallest absolute Gasteiger partial charge is 0.219 e. The predicted molar refractivity (Wildman–Crippen MR) is 66.3 cm³/mol. The fourth-order valence-corrected chi connectivity index (χ4v) is 2.21. The third kappa shape index (κ3) is 2.34. The molecule has 0 saturated carbocycles. The molecule has 2 rings (SSSR count). The Kier molecular flexibility index (Phi) is 3.60. The van der Waals surface area contributed by atoms with Crippen LogP contribution < -0.4 is 4.90 Å². The quantitative estimate of drug-likeness (QED) is 0.743. The van der Waals surface area contributed by atoms with Crippen molar-refractivity contribution in [3.05, 3.63) is 29.6 Å². The molecule has 4 nitrogen and oxygen atoms in total. The number of hydrogen-bond donors (Lipinski definition) is 0. The van der Waals surface area contributed by atoms with Crippen molar-refractivity contribution in [3.63, 3.8) is 0 Å². The van der Waals surface area contributed by atoms with Gasteiger partial charge in [-0.3, -0.25) is 9.59 Å². The van der Waals surface area contributed by atoms with Gasteiger partial charge in [0.1, 0.15) is 5.82 Å². The van der Waals surface area contributed by atoms with Gasteiger partial charge < -0.3 is 9.80 Å². The molecular formula is C13H15FN2O2. The van der Waals surface area contributed by atoms with Gasteiger partial charge >= 0.3 is 0 Å². The second-order valence-corrected chi connectivity index (χ2v) is 4.29. The summed E-state index contributed by atoms with van der Waals surface area (Å²) >= 11 is 0. The summed E-state index contributed by atoms with van der Waals surface area (Å²) in [6.07, 6.45) is 0.662. The molecule has 1 heterocycles. The minimum Gasteiger partial charge on any atom is -0.365 e. The van der Waals surface area contributed by atoms with Crippen LogP contribution in [0.4, 0.5) is 10.1 Å². The van der Waals surface area contributed by atoms with Gasteiger partial charge in [-0.1, -0.05) is 6.07 Å². The number of anilines is 1. The van der Waals surface area contributed by atoms with Crippen LogP contribution in [0.2, 0.25) is 0 Å². The van der Waals surface area contributed by atoms with Crippen LogP contribution in [0, 0.1) is 5.82 Å². The molecule has 18 heavy (non-hydrogen) atoms. The molecule has 1 saturated heterocycles. The van der Waals surface area contributed by atoms with E-state index in [4.69, 9.17) is 0 Å². The molecule has 0 radical (unpaired) electrons. The first kappa shape index (κ1) is 12.5. The van der Waals surface area contributed by atoms with Crippen molar-refractivity contribution in [2.75, 3.05) is 31.1 Å². The molecule has 0 bridgehead atoms. The molecule has 0 N–H and O–H groups in total. The summed E-state index contributed by atoms with van der Waals surface area (Å²) in [7, 11) is 0. The van der Waals surface area contributed by atoms with Crippen LogP contribution in [0.3, 0.4) is 0 Å². The van der Waals surface area contributed by atoms with E-state index in [1.54, 1.807) is 11.0 Å². The topological polar surface area (TPSA) is 40.6 Å². The normalized spacial score (nSPS) is 15.7. The van der Waals surface area contributed by atoms with Gasteiger partial charge in [-0.2, -0.15) is 0 Å². The number of aldehydes is 1. The molecular weight excluding hydrogens is 235 g/mol. The van der Waals surface area contributed by atoms with Crippen molar-refractivity contribution in [2.24, 2.45) is 0 Å². The first-order valence-electron chi connectivity index (χ1n) is 5.87. The molecule has 1 aliphatic heterocycles. The minimum absolute atomic E-state index is 0.0267. The molecule has 1 aliphatic rings. The van der Waals surface area contributed by atoms with Crippen LogP contribution in [0.15, 0.2) is 18.2 Å². The minimum atomic E-state index is -0.393. The standard InChI is InChI=1S/C13H15FN2O2/c1-10(18)15-5-7-16(8-6-15)13-11(9-17)3-2-4-12(13)14/h2-4,9H,5-8H2,1H3. The average molecular weight is 250 g/mol. The Morgan fingerprint density at radius 1 is 1.28 bits per heavy atom. The van der Waals surface area contributed by atoms with Crippen molar-refractivity contribution in [1.29, 1.82) is 0 Å². The summed E-state index contributed by atoms with van der Waals surface area (Å²) < 4.78 is 13.8. The fraction of sp³-hybridized carbons (Fsp3) is 0.385. The lowest BCUT2D eigenvalue weighted by atomic mass is 10.1. The number of carbonyl (C=O) groups excluding carboxylic acids is 2. The lowest BCUT2D eigenvalue weighted by Crippen LogP contribution is -2.48. The molecule has 1 amide bonds. The predicted octanol–water partition coefficient (Wildman–Crippen LogP) is 1.31. The number of hydrogen-bond acceptors (Lipinski definition) is 3. The number of carbonyl (C=O) groups is 2. The first-order chi connectivity index (χ1) is 8.63. The van der Waals surface area contributed by atoms with E-state index < -0.39 is 5.82 Å². The van der Waals surface area contributed by atoms with Gasteiger partial charge in [0, 0.05) is 38.7 Å². The monoisotopic (exact) mass is 250 g/mol. The zero-order chi connectivity index (χ0) is 13.1. The molecule has 0 aromatic heterocycles. The van der Waals surface area contributed by atoms with E-state index in [0.29, 0.717) is 43.7 Å². The van der Waals surface area contributed by atoms with E-state index in [9.17, 15) is 14.0 Å². The average Bonchev–Trinajstić information content (AvgIpc) is 2.38.